The Kier molecular flexibility index (Phi) is 5.62. The third-order valence-corrected chi connectivity index (χ3v) is 2.87. The molecule has 1 rings (SSSR count). The Balaban J connectivity index is 2.97. The molecule has 5 nitrogen and oxygen atoms in total. The van der Waals surface area contributed by atoms with E-state index in [4.69, 9.17) is 17.3 Å². The highest BCUT2D eigenvalue weighted by Crippen LogP contribution is 2.24. The Morgan fingerprint density at radius 1 is 1.17 bits per heavy atom. The van der Waals surface area contributed by atoms with Gasteiger partial charge in [-0.25, -0.2) is 4.98 Å². The number of hydrogen-bond acceptors (Lipinski definition) is 5. The second-order valence-electron chi connectivity index (χ2n) is 4.61. The topological polar surface area (TPSA) is 58.3 Å². The first-order valence-corrected chi connectivity index (χ1v) is 6.52. The van der Waals surface area contributed by atoms with Gasteiger partial charge < -0.3 is 15.5 Å². The molecule has 1 aromatic heterocycles. The van der Waals surface area contributed by atoms with E-state index in [-0.39, 0.29) is 5.28 Å². The van der Waals surface area contributed by atoms with E-state index in [1.807, 2.05) is 21.0 Å². The molecule has 1 aromatic rings. The van der Waals surface area contributed by atoms with Crippen LogP contribution >= 0.6 is 11.6 Å². The van der Waals surface area contributed by atoms with Crippen LogP contribution in [0.25, 0.3) is 0 Å². The van der Waals surface area contributed by atoms with Gasteiger partial charge in [-0.05, 0) is 39.0 Å². The molecule has 2 N–H and O–H groups in total. The Hall–Kier alpha value is -1.07. The monoisotopic (exact) mass is 271 g/mol. The lowest BCUT2D eigenvalue weighted by molar-refractivity contribution is 0.412. The molecule has 0 bridgehead atoms. The molecule has 0 aliphatic carbocycles. The molecule has 0 atom stereocenters. The Bertz CT molecular complexity index is 394. The van der Waals surface area contributed by atoms with Crippen molar-refractivity contribution >= 4 is 23.1 Å². The van der Waals surface area contributed by atoms with Crippen molar-refractivity contribution in [2.75, 3.05) is 44.4 Å². The Morgan fingerprint density at radius 3 is 2.39 bits per heavy atom. The largest absolute Gasteiger partial charge is 0.394 e. The number of aromatic nitrogens is 2. The molecular weight excluding hydrogens is 250 g/mol. The van der Waals surface area contributed by atoms with Gasteiger partial charge in [0.2, 0.25) is 5.28 Å². The van der Waals surface area contributed by atoms with Crippen molar-refractivity contribution in [2.24, 2.45) is 0 Å². The number of hydrogen-bond donors (Lipinski definition) is 1. The predicted octanol–water partition coefficient (Wildman–Crippen LogP) is 1.80. The minimum Gasteiger partial charge on any atom is -0.394 e. The minimum absolute atomic E-state index is 0.252. The molecule has 0 spiro atoms. The molecule has 0 fully saturated rings. The van der Waals surface area contributed by atoms with Crippen LogP contribution < -0.4 is 10.6 Å². The van der Waals surface area contributed by atoms with Gasteiger partial charge in [-0.15, -0.1) is 0 Å². The third-order valence-electron chi connectivity index (χ3n) is 2.70. The fraction of sp³-hybridized carbons (Fsp3) is 0.667. The molecule has 102 valence electrons. The average molecular weight is 272 g/mol. The zero-order valence-corrected chi connectivity index (χ0v) is 12.3. The normalized spacial score (nSPS) is 11.0. The van der Waals surface area contributed by atoms with Crippen molar-refractivity contribution in [3.8, 4) is 0 Å². The van der Waals surface area contributed by atoms with Crippen molar-refractivity contribution in [1.82, 2.24) is 14.9 Å². The van der Waals surface area contributed by atoms with Crippen LogP contribution in [0.2, 0.25) is 5.28 Å². The molecule has 0 saturated heterocycles. The zero-order valence-electron chi connectivity index (χ0n) is 11.6. The second-order valence-corrected chi connectivity index (χ2v) is 4.94. The van der Waals surface area contributed by atoms with Crippen LogP contribution in [0.1, 0.15) is 19.0 Å². The van der Waals surface area contributed by atoms with E-state index in [0.29, 0.717) is 5.69 Å². The summed E-state index contributed by atoms with van der Waals surface area (Å²) in [5, 5.41) is 0.252. The Labute approximate surface area is 114 Å². The molecule has 6 heteroatoms. The van der Waals surface area contributed by atoms with E-state index in [1.54, 1.807) is 0 Å². The van der Waals surface area contributed by atoms with Crippen molar-refractivity contribution in [3.05, 3.63) is 11.0 Å². The minimum atomic E-state index is 0.252. The predicted molar refractivity (Wildman–Crippen MR) is 77.2 cm³/mol. The van der Waals surface area contributed by atoms with Gasteiger partial charge in [0.15, 0.2) is 5.82 Å². The Morgan fingerprint density at radius 2 is 1.83 bits per heavy atom. The third kappa shape index (κ3) is 3.99. The van der Waals surface area contributed by atoms with Crippen molar-refractivity contribution < 1.29 is 0 Å². The summed E-state index contributed by atoms with van der Waals surface area (Å²) >= 11 is 5.91. The molecule has 0 unspecified atom stereocenters. The number of anilines is 2. The molecule has 0 aliphatic rings. The van der Waals surface area contributed by atoms with Gasteiger partial charge in [0, 0.05) is 19.6 Å². The second kappa shape index (κ2) is 6.75. The maximum absolute atomic E-state index is 6.05. The van der Waals surface area contributed by atoms with Crippen LogP contribution in [-0.4, -0.2) is 48.6 Å². The summed E-state index contributed by atoms with van der Waals surface area (Å²) in [6.45, 7) is 6.71. The number of likely N-dealkylation sites (N-methyl/N-ethyl adjacent to an activating group) is 1. The van der Waals surface area contributed by atoms with Gasteiger partial charge in [-0.3, -0.25) is 0 Å². The smallest absolute Gasteiger partial charge is 0.224 e. The molecule has 0 aromatic carbocycles. The van der Waals surface area contributed by atoms with Gasteiger partial charge in [-0.2, -0.15) is 4.98 Å². The van der Waals surface area contributed by atoms with Crippen LogP contribution in [0.3, 0.4) is 0 Å². The highest BCUT2D eigenvalue weighted by Gasteiger charge is 2.14. The van der Waals surface area contributed by atoms with Gasteiger partial charge in [0.1, 0.15) is 0 Å². The van der Waals surface area contributed by atoms with Crippen LogP contribution in [0.15, 0.2) is 0 Å². The first kappa shape index (κ1) is 15.0. The van der Waals surface area contributed by atoms with Gasteiger partial charge in [0.05, 0.1) is 11.4 Å². The summed E-state index contributed by atoms with van der Waals surface area (Å²) in [6, 6.07) is 0. The maximum atomic E-state index is 6.05. The number of aryl methyl sites for hydroxylation is 1. The molecule has 0 radical (unpaired) electrons. The molecule has 1 heterocycles. The molecule has 18 heavy (non-hydrogen) atoms. The van der Waals surface area contributed by atoms with Crippen molar-refractivity contribution in [3.63, 3.8) is 0 Å². The summed E-state index contributed by atoms with van der Waals surface area (Å²) in [5.74, 6) is 0.746. The number of nitrogens with two attached hydrogens (primary N) is 1. The van der Waals surface area contributed by atoms with Crippen LogP contribution in [0.5, 0.6) is 0 Å². The summed E-state index contributed by atoms with van der Waals surface area (Å²) in [4.78, 5) is 12.6. The van der Waals surface area contributed by atoms with Crippen LogP contribution in [0, 0.1) is 6.92 Å². The van der Waals surface area contributed by atoms with E-state index in [1.165, 1.54) is 0 Å². The molecule has 0 saturated carbocycles. The SMILES string of the molecule is CCCN(CCN(C)C)c1nc(Cl)nc(C)c1N. The highest BCUT2D eigenvalue weighted by atomic mass is 35.5. The first-order chi connectivity index (χ1) is 8.45. The molecule has 0 aliphatic heterocycles. The van der Waals surface area contributed by atoms with E-state index >= 15 is 0 Å². The first-order valence-electron chi connectivity index (χ1n) is 6.15. The van der Waals surface area contributed by atoms with Crippen molar-refractivity contribution in [2.45, 2.75) is 20.3 Å². The number of nitrogen functional groups attached to an aromatic ring is 1. The quantitative estimate of drug-likeness (QED) is 0.800. The lowest BCUT2D eigenvalue weighted by atomic mass is 10.3. The fourth-order valence-corrected chi connectivity index (χ4v) is 1.90. The summed E-state index contributed by atoms with van der Waals surface area (Å²) in [6.07, 6.45) is 1.04. The fourth-order valence-electron chi connectivity index (χ4n) is 1.69. The molecule has 0 amide bonds. The lowest BCUT2D eigenvalue weighted by Crippen LogP contribution is -2.33. The van der Waals surface area contributed by atoms with Gasteiger partial charge in [-0.1, -0.05) is 6.92 Å². The van der Waals surface area contributed by atoms with Crippen LogP contribution in [0.4, 0.5) is 11.5 Å². The average Bonchev–Trinajstić information content (AvgIpc) is 2.29. The van der Waals surface area contributed by atoms with Gasteiger partial charge in [0.25, 0.3) is 0 Å². The number of halogens is 1. The van der Waals surface area contributed by atoms with Crippen LogP contribution in [-0.2, 0) is 0 Å². The lowest BCUT2D eigenvalue weighted by Gasteiger charge is -2.26. The summed E-state index contributed by atoms with van der Waals surface area (Å²) < 4.78 is 0. The van der Waals surface area contributed by atoms with Gasteiger partial charge >= 0.3 is 0 Å². The van der Waals surface area contributed by atoms with E-state index in [0.717, 1.165) is 37.6 Å². The van der Waals surface area contributed by atoms with Crippen molar-refractivity contribution in [1.29, 1.82) is 0 Å². The summed E-state index contributed by atoms with van der Waals surface area (Å²) in [7, 11) is 4.09. The molecular formula is C12H22ClN5. The number of nitrogens with zero attached hydrogens (tertiary/aromatic N) is 4. The zero-order chi connectivity index (χ0) is 13.7. The standard InChI is InChI=1S/C12H22ClN5/c1-5-6-18(8-7-17(3)4)11-10(14)9(2)15-12(13)16-11/h5-8,14H2,1-4H3. The van der Waals surface area contributed by atoms with E-state index in [2.05, 4.69) is 26.7 Å². The highest BCUT2D eigenvalue weighted by molar-refractivity contribution is 6.28. The van der Waals surface area contributed by atoms with E-state index in [9.17, 15) is 0 Å². The number of rotatable bonds is 6. The maximum Gasteiger partial charge on any atom is 0.224 e. The summed E-state index contributed by atoms with van der Waals surface area (Å²) in [5.41, 5.74) is 7.40. The van der Waals surface area contributed by atoms with E-state index < -0.39 is 0 Å².